The van der Waals surface area contributed by atoms with Crippen LogP contribution in [0.1, 0.15) is 43.0 Å². The quantitative estimate of drug-likeness (QED) is 0.0855. The first kappa shape index (κ1) is 33.8. The number of fused-ring (bicyclic) bond motifs is 2. The van der Waals surface area contributed by atoms with E-state index in [1.165, 1.54) is 0 Å². The predicted molar refractivity (Wildman–Crippen MR) is 220 cm³/mol. The summed E-state index contributed by atoms with van der Waals surface area (Å²) in [7, 11) is 0. The number of esters is 2. The summed E-state index contributed by atoms with van der Waals surface area (Å²) in [6.45, 7) is 0. The Hall–Kier alpha value is -7.30. The molecule has 54 heavy (non-hydrogen) atoms. The first-order chi connectivity index (χ1) is 26.6. The maximum absolute atomic E-state index is 13.8. The van der Waals surface area contributed by atoms with E-state index in [4.69, 9.17) is 9.47 Å². The van der Waals surface area contributed by atoms with Gasteiger partial charge in [-0.3, -0.25) is 0 Å². The molecule has 8 aromatic carbocycles. The maximum Gasteiger partial charge on any atom is 0.343 e. The van der Waals surface area contributed by atoms with Crippen LogP contribution in [-0.2, 0) is 0 Å². The molecule has 0 aromatic heterocycles. The molecule has 0 fully saturated rings. The average molecular weight is 699 g/mol. The van der Waals surface area contributed by atoms with Crippen molar-refractivity contribution in [3.8, 4) is 22.6 Å². The third-order valence-electron chi connectivity index (χ3n) is 9.27. The highest BCUT2D eigenvalue weighted by atomic mass is 16.5. The van der Waals surface area contributed by atoms with Gasteiger partial charge < -0.3 is 9.47 Å². The first-order valence-electron chi connectivity index (χ1n) is 17.7. The van der Waals surface area contributed by atoms with Crippen LogP contribution in [0.2, 0.25) is 0 Å². The molecule has 0 amide bonds. The molecule has 8 aromatic rings. The fraction of sp³-hybridized carbons (Fsp3) is 0. The van der Waals surface area contributed by atoms with Crippen molar-refractivity contribution in [1.29, 1.82) is 0 Å². The highest BCUT2D eigenvalue weighted by molar-refractivity contribution is 6.11. The second kappa shape index (κ2) is 15.5. The molecule has 0 aliphatic heterocycles. The lowest BCUT2D eigenvalue weighted by Crippen LogP contribution is -2.11. The van der Waals surface area contributed by atoms with E-state index in [9.17, 15) is 9.59 Å². The van der Waals surface area contributed by atoms with Crippen molar-refractivity contribution in [3.63, 3.8) is 0 Å². The van der Waals surface area contributed by atoms with E-state index in [1.54, 1.807) is 24.3 Å². The summed E-state index contributed by atoms with van der Waals surface area (Å²) in [4.78, 5) is 27.5. The van der Waals surface area contributed by atoms with Gasteiger partial charge in [0.05, 0.1) is 11.1 Å². The lowest BCUT2D eigenvalue weighted by Gasteiger charge is -2.19. The maximum atomic E-state index is 13.8. The molecular weight excluding hydrogens is 665 g/mol. The minimum atomic E-state index is -0.495. The van der Waals surface area contributed by atoms with Crippen LogP contribution in [0.15, 0.2) is 182 Å². The molecule has 0 unspecified atom stereocenters. The zero-order valence-electron chi connectivity index (χ0n) is 29.3. The Morgan fingerprint density at radius 3 is 1.06 bits per heavy atom. The van der Waals surface area contributed by atoms with Crippen LogP contribution in [0.25, 0.3) is 57.0 Å². The van der Waals surface area contributed by atoms with Crippen LogP contribution >= 0.6 is 0 Å². The van der Waals surface area contributed by atoms with E-state index in [1.807, 2.05) is 182 Å². The van der Waals surface area contributed by atoms with Gasteiger partial charge >= 0.3 is 11.9 Å². The van der Waals surface area contributed by atoms with Crippen LogP contribution in [-0.4, -0.2) is 11.9 Å². The van der Waals surface area contributed by atoms with Crippen molar-refractivity contribution in [2.24, 2.45) is 0 Å². The standard InChI is InChI=1S/C50H34O4/c51-49(41-27-23-37(24-28-41)21-19-35-11-3-1-4-12-35)53-45-33-31-39-15-7-9-17-43(39)47(45)48-44-18-10-8-16-40(44)32-34-46(48)54-50(52)42-29-25-38(26-30-42)22-20-36-13-5-2-6-14-36/h1-34H/b21-19-,22-20-. The zero-order valence-corrected chi connectivity index (χ0v) is 29.3. The number of carbonyl (C=O) groups excluding carboxylic acids is 2. The van der Waals surface area contributed by atoms with Crippen LogP contribution in [0.4, 0.5) is 0 Å². The van der Waals surface area contributed by atoms with E-state index in [0.29, 0.717) is 33.8 Å². The normalized spacial score (nSPS) is 11.3. The van der Waals surface area contributed by atoms with Crippen LogP contribution in [0.5, 0.6) is 11.5 Å². The summed E-state index contributed by atoms with van der Waals surface area (Å²) in [6.07, 6.45) is 8.07. The minimum Gasteiger partial charge on any atom is -0.422 e. The number of rotatable bonds is 9. The van der Waals surface area contributed by atoms with E-state index in [-0.39, 0.29) is 0 Å². The van der Waals surface area contributed by atoms with Crippen LogP contribution < -0.4 is 9.47 Å². The lowest BCUT2D eigenvalue weighted by atomic mass is 9.92. The Balaban J connectivity index is 1.13. The molecule has 0 N–H and O–H groups in total. The number of hydrogen-bond acceptors (Lipinski definition) is 4. The molecule has 0 saturated carbocycles. The molecule has 0 radical (unpaired) electrons. The smallest absolute Gasteiger partial charge is 0.343 e. The zero-order chi connectivity index (χ0) is 36.7. The molecule has 0 aliphatic carbocycles. The minimum absolute atomic E-state index is 0.356. The third-order valence-corrected chi connectivity index (χ3v) is 9.27. The predicted octanol–water partition coefficient (Wildman–Crippen LogP) is 12.4. The summed E-state index contributed by atoms with van der Waals surface area (Å²) in [5.74, 6) is -0.277. The lowest BCUT2D eigenvalue weighted by molar-refractivity contribution is 0.0723. The van der Waals surface area contributed by atoms with Gasteiger partial charge in [-0.1, -0.05) is 170 Å². The molecule has 0 heterocycles. The second-order valence-corrected chi connectivity index (χ2v) is 12.8. The van der Waals surface area contributed by atoms with E-state index in [0.717, 1.165) is 43.8 Å². The van der Waals surface area contributed by atoms with Gasteiger partial charge in [-0.25, -0.2) is 9.59 Å². The van der Waals surface area contributed by atoms with Crippen LogP contribution in [0.3, 0.4) is 0 Å². The molecule has 258 valence electrons. The summed E-state index contributed by atoms with van der Waals surface area (Å²) < 4.78 is 12.4. The van der Waals surface area contributed by atoms with Gasteiger partial charge in [0.2, 0.25) is 0 Å². The van der Waals surface area contributed by atoms with E-state index in [2.05, 4.69) is 0 Å². The SMILES string of the molecule is O=C(Oc1ccc2ccccc2c1-c1c(OC(=O)c2ccc(/C=C\c3ccccc3)cc2)ccc2ccccc12)c1ccc(/C=C\c2ccccc2)cc1. The highest BCUT2D eigenvalue weighted by Gasteiger charge is 2.23. The Labute approximate surface area is 313 Å². The van der Waals surface area contributed by atoms with Crippen molar-refractivity contribution >= 4 is 57.8 Å². The van der Waals surface area contributed by atoms with Gasteiger partial charge in [0, 0.05) is 11.1 Å². The summed E-state index contributed by atoms with van der Waals surface area (Å²) in [6, 6.07) is 58.1. The molecular formula is C50H34O4. The van der Waals surface area contributed by atoms with Gasteiger partial charge in [-0.2, -0.15) is 0 Å². The van der Waals surface area contributed by atoms with Crippen LogP contribution in [0, 0.1) is 0 Å². The number of hydrogen-bond donors (Lipinski definition) is 0. The number of benzene rings is 8. The van der Waals surface area contributed by atoms with Gasteiger partial charge in [0.15, 0.2) is 0 Å². The number of carbonyl (C=O) groups is 2. The second-order valence-electron chi connectivity index (χ2n) is 12.8. The molecule has 0 aliphatic rings. The molecule has 0 atom stereocenters. The van der Waals surface area contributed by atoms with Crippen molar-refractivity contribution in [1.82, 2.24) is 0 Å². The Morgan fingerprint density at radius 1 is 0.333 bits per heavy atom. The number of ether oxygens (including phenoxy) is 2. The third kappa shape index (κ3) is 7.50. The molecule has 0 saturated heterocycles. The monoisotopic (exact) mass is 698 g/mol. The first-order valence-corrected chi connectivity index (χ1v) is 17.7. The summed E-state index contributed by atoms with van der Waals surface area (Å²) in [5.41, 5.74) is 6.25. The molecule has 0 bridgehead atoms. The van der Waals surface area contributed by atoms with Crippen molar-refractivity contribution in [2.45, 2.75) is 0 Å². The Morgan fingerprint density at radius 2 is 0.667 bits per heavy atom. The largest absolute Gasteiger partial charge is 0.422 e. The summed E-state index contributed by atoms with van der Waals surface area (Å²) >= 11 is 0. The van der Waals surface area contributed by atoms with Gasteiger partial charge in [-0.05, 0) is 80.2 Å². The molecule has 8 rings (SSSR count). The van der Waals surface area contributed by atoms with Gasteiger partial charge in [0.25, 0.3) is 0 Å². The molecule has 0 spiro atoms. The highest BCUT2D eigenvalue weighted by Crippen LogP contribution is 2.46. The average Bonchev–Trinajstić information content (AvgIpc) is 3.23. The van der Waals surface area contributed by atoms with E-state index >= 15 is 0 Å². The topological polar surface area (TPSA) is 52.6 Å². The Bertz CT molecular complexity index is 2470. The fourth-order valence-corrected chi connectivity index (χ4v) is 6.48. The molecule has 4 nitrogen and oxygen atoms in total. The van der Waals surface area contributed by atoms with Crippen molar-refractivity contribution in [2.75, 3.05) is 0 Å². The molecule has 4 heteroatoms. The van der Waals surface area contributed by atoms with Crippen molar-refractivity contribution in [3.05, 3.63) is 215 Å². The van der Waals surface area contributed by atoms with Gasteiger partial charge in [0.1, 0.15) is 11.5 Å². The van der Waals surface area contributed by atoms with Crippen molar-refractivity contribution < 1.29 is 19.1 Å². The van der Waals surface area contributed by atoms with Gasteiger partial charge in [-0.15, -0.1) is 0 Å². The van der Waals surface area contributed by atoms with E-state index < -0.39 is 11.9 Å². The fourth-order valence-electron chi connectivity index (χ4n) is 6.48. The Kier molecular flexibility index (Phi) is 9.72. The summed E-state index contributed by atoms with van der Waals surface area (Å²) in [5, 5.41) is 3.61.